The molecule has 3 aromatic carbocycles. The maximum atomic E-state index is 14.2. The van der Waals surface area contributed by atoms with E-state index in [1.54, 1.807) is 36.4 Å². The Hall–Kier alpha value is -3.15. The summed E-state index contributed by atoms with van der Waals surface area (Å²) in [4.78, 5) is 0. The average molecular weight is 374 g/mol. The molecule has 0 saturated heterocycles. The summed E-state index contributed by atoms with van der Waals surface area (Å²) in [5.41, 5.74) is 0.973. The number of benzene rings is 3. The Morgan fingerprint density at radius 1 is 0.741 bits per heavy atom. The average Bonchev–Trinajstić information content (AvgIpc) is 2.69. The largest absolute Gasteiger partial charge is 0.497 e. The minimum atomic E-state index is -1.04. The van der Waals surface area contributed by atoms with Gasteiger partial charge in [-0.25, -0.2) is 8.78 Å². The van der Waals surface area contributed by atoms with Crippen LogP contribution in [0.2, 0.25) is 0 Å². The van der Waals surface area contributed by atoms with Crippen LogP contribution in [0.5, 0.6) is 17.2 Å². The van der Waals surface area contributed by atoms with Crippen molar-refractivity contribution in [3.05, 3.63) is 77.6 Å². The van der Waals surface area contributed by atoms with Crippen molar-refractivity contribution < 1.29 is 27.4 Å². The lowest BCUT2D eigenvalue weighted by atomic mass is 10.0. The van der Waals surface area contributed by atoms with Gasteiger partial charge in [0.25, 0.3) is 0 Å². The Labute approximate surface area is 154 Å². The van der Waals surface area contributed by atoms with Crippen LogP contribution in [0.25, 0.3) is 11.1 Å². The van der Waals surface area contributed by atoms with Gasteiger partial charge in [0.1, 0.15) is 23.9 Å². The molecule has 0 aliphatic heterocycles. The second-order valence-corrected chi connectivity index (χ2v) is 5.71. The zero-order valence-corrected chi connectivity index (χ0v) is 14.8. The molecule has 27 heavy (non-hydrogen) atoms. The van der Waals surface area contributed by atoms with E-state index in [-0.39, 0.29) is 17.9 Å². The number of rotatable bonds is 6. The standard InChI is InChI=1S/C21H17F3O3/c1-25-16-8-5-14(18(22)11-16)12-27-15-6-3-13(4-7-15)17-9-10-19(26-2)21(24)20(17)23/h3-11H,12H2,1-2H3. The van der Waals surface area contributed by atoms with E-state index < -0.39 is 17.5 Å². The van der Waals surface area contributed by atoms with Gasteiger partial charge in [-0.3, -0.25) is 0 Å². The molecule has 0 unspecified atom stereocenters. The molecule has 0 aromatic heterocycles. The SMILES string of the molecule is COc1ccc(COc2ccc(-c3ccc(OC)c(F)c3F)cc2)c(F)c1. The number of hydrogen-bond acceptors (Lipinski definition) is 3. The molecule has 0 heterocycles. The molecule has 0 amide bonds. The van der Waals surface area contributed by atoms with Crippen molar-refractivity contribution in [2.24, 2.45) is 0 Å². The van der Waals surface area contributed by atoms with Crippen LogP contribution >= 0.6 is 0 Å². The molecule has 3 rings (SSSR count). The lowest BCUT2D eigenvalue weighted by molar-refractivity contribution is 0.299. The first-order chi connectivity index (χ1) is 13.0. The van der Waals surface area contributed by atoms with E-state index in [4.69, 9.17) is 14.2 Å². The lowest BCUT2D eigenvalue weighted by Crippen LogP contribution is -1.99. The molecule has 140 valence electrons. The van der Waals surface area contributed by atoms with Gasteiger partial charge in [0.05, 0.1) is 14.2 Å². The fourth-order valence-electron chi connectivity index (χ4n) is 2.58. The molecule has 0 aliphatic rings. The van der Waals surface area contributed by atoms with Crippen LogP contribution in [-0.4, -0.2) is 14.2 Å². The third-order valence-electron chi connectivity index (χ3n) is 4.09. The van der Waals surface area contributed by atoms with Crippen molar-refractivity contribution in [2.45, 2.75) is 6.61 Å². The van der Waals surface area contributed by atoms with Gasteiger partial charge in [0.2, 0.25) is 5.82 Å². The molecule has 3 aromatic rings. The number of halogens is 3. The van der Waals surface area contributed by atoms with E-state index in [1.807, 2.05) is 0 Å². The predicted molar refractivity (Wildman–Crippen MR) is 95.6 cm³/mol. The van der Waals surface area contributed by atoms with E-state index in [1.165, 1.54) is 32.4 Å². The van der Waals surface area contributed by atoms with Crippen molar-refractivity contribution in [1.29, 1.82) is 0 Å². The number of ether oxygens (including phenoxy) is 3. The van der Waals surface area contributed by atoms with Crippen LogP contribution in [0.1, 0.15) is 5.56 Å². The summed E-state index contributed by atoms with van der Waals surface area (Å²) in [6.45, 7) is 0.0285. The van der Waals surface area contributed by atoms with E-state index >= 15 is 0 Å². The monoisotopic (exact) mass is 374 g/mol. The first-order valence-electron chi connectivity index (χ1n) is 8.11. The van der Waals surface area contributed by atoms with Crippen LogP contribution in [0, 0.1) is 17.5 Å². The van der Waals surface area contributed by atoms with Gasteiger partial charge in [-0.1, -0.05) is 12.1 Å². The Balaban J connectivity index is 1.74. The van der Waals surface area contributed by atoms with Crippen molar-refractivity contribution in [3.8, 4) is 28.4 Å². The molecule has 0 aliphatic carbocycles. The van der Waals surface area contributed by atoms with Gasteiger partial charge in [0.15, 0.2) is 11.6 Å². The zero-order chi connectivity index (χ0) is 19.4. The van der Waals surface area contributed by atoms with Crippen molar-refractivity contribution in [2.75, 3.05) is 14.2 Å². The smallest absolute Gasteiger partial charge is 0.201 e. The van der Waals surface area contributed by atoms with Crippen LogP contribution in [-0.2, 0) is 6.61 Å². The first-order valence-corrected chi connectivity index (χ1v) is 8.11. The fraction of sp³-hybridized carbons (Fsp3) is 0.143. The van der Waals surface area contributed by atoms with Crippen LogP contribution < -0.4 is 14.2 Å². The van der Waals surface area contributed by atoms with Gasteiger partial charge < -0.3 is 14.2 Å². The maximum Gasteiger partial charge on any atom is 0.201 e. The third kappa shape index (κ3) is 4.00. The molecule has 0 radical (unpaired) electrons. The second-order valence-electron chi connectivity index (χ2n) is 5.71. The normalized spacial score (nSPS) is 10.6. The van der Waals surface area contributed by atoms with Crippen LogP contribution in [0.15, 0.2) is 54.6 Å². The van der Waals surface area contributed by atoms with E-state index in [9.17, 15) is 13.2 Å². The molecule has 0 bridgehead atoms. The van der Waals surface area contributed by atoms with E-state index in [0.717, 1.165) is 0 Å². The zero-order valence-electron chi connectivity index (χ0n) is 14.8. The van der Waals surface area contributed by atoms with Gasteiger partial charge in [-0.2, -0.15) is 4.39 Å². The molecule has 3 nitrogen and oxygen atoms in total. The molecule has 6 heteroatoms. The molecular weight excluding hydrogens is 357 g/mol. The predicted octanol–water partition coefficient (Wildman–Crippen LogP) is 5.37. The van der Waals surface area contributed by atoms with Gasteiger partial charge >= 0.3 is 0 Å². The summed E-state index contributed by atoms with van der Waals surface area (Å²) in [6.07, 6.45) is 0. The summed E-state index contributed by atoms with van der Waals surface area (Å²) in [6, 6.07) is 13.7. The Morgan fingerprint density at radius 3 is 2.07 bits per heavy atom. The second kappa shape index (κ2) is 8.03. The molecule has 0 N–H and O–H groups in total. The van der Waals surface area contributed by atoms with Gasteiger partial charge in [-0.05, 0) is 42.0 Å². The highest BCUT2D eigenvalue weighted by molar-refractivity contribution is 5.66. The number of methoxy groups -OCH3 is 2. The van der Waals surface area contributed by atoms with Crippen molar-refractivity contribution in [1.82, 2.24) is 0 Å². The summed E-state index contributed by atoms with van der Waals surface area (Å²) in [5, 5.41) is 0. The minimum absolute atomic E-state index is 0.0285. The minimum Gasteiger partial charge on any atom is -0.497 e. The molecular formula is C21H17F3O3. The van der Waals surface area contributed by atoms with E-state index in [0.29, 0.717) is 22.6 Å². The van der Waals surface area contributed by atoms with Crippen molar-refractivity contribution in [3.63, 3.8) is 0 Å². The molecule has 0 atom stereocenters. The van der Waals surface area contributed by atoms with Crippen LogP contribution in [0.4, 0.5) is 13.2 Å². The summed E-state index contributed by atoms with van der Waals surface area (Å²) in [7, 11) is 2.74. The highest BCUT2D eigenvalue weighted by Gasteiger charge is 2.15. The number of hydrogen-bond donors (Lipinski definition) is 0. The molecule has 0 fully saturated rings. The van der Waals surface area contributed by atoms with Gasteiger partial charge in [0, 0.05) is 17.2 Å². The molecule has 0 saturated carbocycles. The third-order valence-corrected chi connectivity index (χ3v) is 4.09. The van der Waals surface area contributed by atoms with Gasteiger partial charge in [-0.15, -0.1) is 0 Å². The highest BCUT2D eigenvalue weighted by atomic mass is 19.2. The maximum absolute atomic E-state index is 14.2. The fourth-order valence-corrected chi connectivity index (χ4v) is 2.58. The topological polar surface area (TPSA) is 27.7 Å². The Bertz CT molecular complexity index is 940. The van der Waals surface area contributed by atoms with Crippen LogP contribution in [0.3, 0.4) is 0 Å². The van der Waals surface area contributed by atoms with Crippen molar-refractivity contribution >= 4 is 0 Å². The molecule has 0 spiro atoms. The summed E-state index contributed by atoms with van der Waals surface area (Å²) >= 11 is 0. The Kier molecular flexibility index (Phi) is 5.54. The summed E-state index contributed by atoms with van der Waals surface area (Å²) < 4.78 is 57.2. The first kappa shape index (κ1) is 18.6. The highest BCUT2D eigenvalue weighted by Crippen LogP contribution is 2.30. The Morgan fingerprint density at radius 2 is 1.44 bits per heavy atom. The quantitative estimate of drug-likeness (QED) is 0.581. The summed E-state index contributed by atoms with van der Waals surface area (Å²) in [5.74, 6) is -1.70. The van der Waals surface area contributed by atoms with E-state index in [2.05, 4.69) is 0 Å². The lowest BCUT2D eigenvalue weighted by Gasteiger charge is -2.10.